The molecule has 19 heavy (non-hydrogen) atoms. The fraction of sp³-hybridized carbons (Fsp3) is 0.333. The SMILES string of the molecule is CCCCP(C)Sc1ccc(-c2cncnc2)cc1. The van der Waals surface area contributed by atoms with Gasteiger partial charge in [-0.05, 0) is 44.1 Å². The minimum Gasteiger partial charge on any atom is -0.244 e. The van der Waals surface area contributed by atoms with Crippen molar-refractivity contribution in [3.05, 3.63) is 43.0 Å². The number of hydrogen-bond donors (Lipinski definition) is 0. The summed E-state index contributed by atoms with van der Waals surface area (Å²) in [5.74, 6) is 0. The summed E-state index contributed by atoms with van der Waals surface area (Å²) < 4.78 is 0. The van der Waals surface area contributed by atoms with Gasteiger partial charge in [0.2, 0.25) is 0 Å². The molecule has 4 heteroatoms. The molecule has 1 heterocycles. The second kappa shape index (κ2) is 7.62. The van der Waals surface area contributed by atoms with Gasteiger partial charge >= 0.3 is 0 Å². The molecule has 0 radical (unpaired) electrons. The Morgan fingerprint density at radius 2 is 1.74 bits per heavy atom. The van der Waals surface area contributed by atoms with E-state index in [4.69, 9.17) is 0 Å². The topological polar surface area (TPSA) is 25.8 Å². The smallest absolute Gasteiger partial charge is 0.115 e. The Bertz CT molecular complexity index is 487. The molecule has 0 saturated carbocycles. The molecule has 0 aliphatic rings. The summed E-state index contributed by atoms with van der Waals surface area (Å²) in [7, 11) is 0.0654. The van der Waals surface area contributed by atoms with Crippen molar-refractivity contribution in [3.63, 3.8) is 0 Å². The van der Waals surface area contributed by atoms with Crippen LogP contribution in [0.2, 0.25) is 0 Å². The fourth-order valence-electron chi connectivity index (χ4n) is 1.76. The maximum Gasteiger partial charge on any atom is 0.115 e. The molecule has 0 N–H and O–H groups in total. The van der Waals surface area contributed by atoms with Crippen LogP contribution in [0.15, 0.2) is 47.9 Å². The van der Waals surface area contributed by atoms with Gasteiger partial charge in [-0.3, -0.25) is 0 Å². The zero-order valence-electron chi connectivity index (χ0n) is 11.4. The molecule has 2 nitrogen and oxygen atoms in total. The number of benzene rings is 1. The summed E-state index contributed by atoms with van der Waals surface area (Å²) in [4.78, 5) is 9.47. The van der Waals surface area contributed by atoms with E-state index >= 15 is 0 Å². The Labute approximate surface area is 120 Å². The maximum absolute atomic E-state index is 4.05. The van der Waals surface area contributed by atoms with Crippen molar-refractivity contribution in [3.8, 4) is 11.1 Å². The van der Waals surface area contributed by atoms with Crippen LogP contribution in [0.25, 0.3) is 11.1 Å². The molecule has 0 saturated heterocycles. The largest absolute Gasteiger partial charge is 0.244 e. The molecule has 0 amide bonds. The first-order valence-electron chi connectivity index (χ1n) is 6.54. The average molecular weight is 290 g/mol. The van der Waals surface area contributed by atoms with Crippen LogP contribution in [0.4, 0.5) is 0 Å². The zero-order chi connectivity index (χ0) is 13.5. The molecular formula is C15H19N2PS. The Morgan fingerprint density at radius 3 is 2.37 bits per heavy atom. The first kappa shape index (κ1) is 14.5. The average Bonchev–Trinajstić information content (AvgIpc) is 2.47. The predicted molar refractivity (Wildman–Crippen MR) is 85.9 cm³/mol. The monoisotopic (exact) mass is 290 g/mol. The quantitative estimate of drug-likeness (QED) is 0.695. The van der Waals surface area contributed by atoms with Crippen LogP contribution in [0, 0.1) is 0 Å². The Balaban J connectivity index is 1.99. The summed E-state index contributed by atoms with van der Waals surface area (Å²) in [5.41, 5.74) is 2.25. The molecule has 1 atom stereocenters. The first-order chi connectivity index (χ1) is 9.29. The number of rotatable bonds is 6. The Kier molecular flexibility index (Phi) is 5.81. The first-order valence-corrected chi connectivity index (χ1v) is 9.93. The molecule has 1 unspecified atom stereocenters. The molecule has 0 fully saturated rings. The molecule has 1 aromatic heterocycles. The highest BCUT2D eigenvalue weighted by molar-refractivity contribution is 8.55. The Morgan fingerprint density at radius 1 is 1.05 bits per heavy atom. The van der Waals surface area contributed by atoms with E-state index in [2.05, 4.69) is 47.8 Å². The van der Waals surface area contributed by atoms with Crippen LogP contribution in [0.3, 0.4) is 0 Å². The van der Waals surface area contributed by atoms with Gasteiger partial charge in [0.1, 0.15) is 6.33 Å². The standard InChI is InChI=1S/C15H19N2PS/c1-3-4-9-18(2)19-15-7-5-13(6-8-15)14-10-16-12-17-11-14/h5-8,10-12H,3-4,9H2,1-2H3. The van der Waals surface area contributed by atoms with Gasteiger partial charge in [0.25, 0.3) is 0 Å². The van der Waals surface area contributed by atoms with Crippen molar-refractivity contribution in [1.82, 2.24) is 9.97 Å². The molecule has 1 aromatic carbocycles. The minimum absolute atomic E-state index is 0.0654. The van der Waals surface area contributed by atoms with Gasteiger partial charge in [-0.1, -0.05) is 36.9 Å². The molecule has 0 aliphatic carbocycles. The van der Waals surface area contributed by atoms with Gasteiger partial charge in [-0.25, -0.2) is 9.97 Å². The van der Waals surface area contributed by atoms with Crippen molar-refractivity contribution in [2.24, 2.45) is 0 Å². The van der Waals surface area contributed by atoms with Crippen LogP contribution in [0.5, 0.6) is 0 Å². The van der Waals surface area contributed by atoms with E-state index in [0.717, 1.165) is 5.56 Å². The summed E-state index contributed by atoms with van der Waals surface area (Å²) in [6, 6.07) is 8.73. The predicted octanol–water partition coefficient (Wildman–Crippen LogP) is 5.06. The molecule has 0 aliphatic heterocycles. The highest BCUT2D eigenvalue weighted by Crippen LogP contribution is 2.51. The van der Waals surface area contributed by atoms with E-state index in [1.807, 2.05) is 23.8 Å². The highest BCUT2D eigenvalue weighted by Gasteiger charge is 2.04. The van der Waals surface area contributed by atoms with Gasteiger partial charge in [0.15, 0.2) is 0 Å². The van der Waals surface area contributed by atoms with Crippen LogP contribution >= 0.6 is 18.5 Å². The summed E-state index contributed by atoms with van der Waals surface area (Å²) in [6.07, 6.45) is 9.25. The van der Waals surface area contributed by atoms with E-state index in [1.54, 1.807) is 6.33 Å². The van der Waals surface area contributed by atoms with Crippen LogP contribution in [0.1, 0.15) is 19.8 Å². The third-order valence-electron chi connectivity index (χ3n) is 2.84. The lowest BCUT2D eigenvalue weighted by atomic mass is 10.1. The minimum atomic E-state index is 0.0654. The third kappa shape index (κ3) is 4.59. The Hall–Kier alpha value is -0.920. The van der Waals surface area contributed by atoms with Crippen LogP contribution < -0.4 is 0 Å². The lowest BCUT2D eigenvalue weighted by molar-refractivity contribution is 0.894. The van der Waals surface area contributed by atoms with Gasteiger partial charge in [-0.15, -0.1) is 0 Å². The van der Waals surface area contributed by atoms with Gasteiger partial charge < -0.3 is 0 Å². The summed E-state index contributed by atoms with van der Waals surface area (Å²) >= 11 is 2.02. The molecule has 2 rings (SSSR count). The summed E-state index contributed by atoms with van der Waals surface area (Å²) in [5, 5.41) is 0. The van der Waals surface area contributed by atoms with Gasteiger partial charge in [-0.2, -0.15) is 0 Å². The van der Waals surface area contributed by atoms with E-state index < -0.39 is 0 Å². The lowest BCUT2D eigenvalue weighted by Gasteiger charge is -2.11. The summed E-state index contributed by atoms with van der Waals surface area (Å²) in [6.45, 7) is 4.62. The highest BCUT2D eigenvalue weighted by atomic mass is 32.7. The van der Waals surface area contributed by atoms with E-state index in [1.165, 1.54) is 29.5 Å². The number of aromatic nitrogens is 2. The normalized spacial score (nSPS) is 12.3. The number of unbranched alkanes of at least 4 members (excludes halogenated alkanes) is 1. The van der Waals surface area contributed by atoms with Gasteiger partial charge in [0.05, 0.1) is 0 Å². The van der Waals surface area contributed by atoms with Crippen molar-refractivity contribution in [1.29, 1.82) is 0 Å². The lowest BCUT2D eigenvalue weighted by Crippen LogP contribution is -1.82. The van der Waals surface area contributed by atoms with Crippen molar-refractivity contribution in [2.45, 2.75) is 24.7 Å². The molecule has 0 bridgehead atoms. The molecule has 0 spiro atoms. The molecule has 100 valence electrons. The molecular weight excluding hydrogens is 271 g/mol. The molecule has 2 aromatic rings. The van der Waals surface area contributed by atoms with Gasteiger partial charge in [0, 0.05) is 22.9 Å². The van der Waals surface area contributed by atoms with Crippen molar-refractivity contribution < 1.29 is 0 Å². The van der Waals surface area contributed by atoms with E-state index in [0.29, 0.717) is 0 Å². The fourth-order valence-corrected chi connectivity index (χ4v) is 5.34. The second-order valence-electron chi connectivity index (χ2n) is 4.45. The van der Waals surface area contributed by atoms with E-state index in [-0.39, 0.29) is 7.12 Å². The number of nitrogens with zero attached hydrogens (tertiary/aromatic N) is 2. The van der Waals surface area contributed by atoms with Crippen molar-refractivity contribution >= 4 is 18.5 Å². The zero-order valence-corrected chi connectivity index (χ0v) is 13.1. The maximum atomic E-state index is 4.05. The third-order valence-corrected chi connectivity index (χ3v) is 6.69. The van der Waals surface area contributed by atoms with Crippen LogP contribution in [-0.2, 0) is 0 Å². The van der Waals surface area contributed by atoms with E-state index in [9.17, 15) is 0 Å². The van der Waals surface area contributed by atoms with Crippen LogP contribution in [-0.4, -0.2) is 22.8 Å². The number of hydrogen-bond acceptors (Lipinski definition) is 3. The van der Waals surface area contributed by atoms with Crippen molar-refractivity contribution in [2.75, 3.05) is 12.8 Å². The second-order valence-corrected chi connectivity index (χ2v) is 9.22.